The number of hydrogen-bond acceptors (Lipinski definition) is 3. The van der Waals surface area contributed by atoms with Gasteiger partial charge in [0.25, 0.3) is 0 Å². The molecule has 0 bridgehead atoms. The highest BCUT2D eigenvalue weighted by molar-refractivity contribution is 5.66. The highest BCUT2D eigenvalue weighted by Crippen LogP contribution is 2.02. The molecule has 0 unspecified atom stereocenters. The van der Waals surface area contributed by atoms with Crippen LogP contribution in [0.1, 0.15) is 51.9 Å². The maximum atomic E-state index is 10.4. The second kappa shape index (κ2) is 18.6. The van der Waals surface area contributed by atoms with Gasteiger partial charge in [-0.3, -0.25) is 4.79 Å². The van der Waals surface area contributed by atoms with Crippen molar-refractivity contribution in [2.24, 2.45) is 0 Å². The number of aliphatic hydroxyl groups excluding tert-OH is 2. The highest BCUT2D eigenvalue weighted by atomic mass is 16.4. The molecule has 0 saturated carbocycles. The Balaban J connectivity index is 3.78. The number of aliphatic carboxylic acids is 1. The van der Waals surface area contributed by atoms with E-state index in [4.69, 9.17) is 5.11 Å². The zero-order valence-electron chi connectivity index (χ0n) is 16.3. The van der Waals surface area contributed by atoms with Gasteiger partial charge in [-0.25, -0.2) is 0 Å². The van der Waals surface area contributed by atoms with Crippen LogP contribution in [0.2, 0.25) is 0 Å². The maximum absolute atomic E-state index is 10.4. The van der Waals surface area contributed by atoms with E-state index >= 15 is 0 Å². The van der Waals surface area contributed by atoms with Crippen molar-refractivity contribution >= 4 is 5.97 Å². The number of carbonyl (C=O) groups is 1. The van der Waals surface area contributed by atoms with Crippen molar-refractivity contribution in [3.63, 3.8) is 0 Å². The molecule has 150 valence electrons. The summed E-state index contributed by atoms with van der Waals surface area (Å²) in [6.45, 7) is 2.07. The fourth-order valence-corrected chi connectivity index (χ4v) is 2.09. The molecule has 2 atom stereocenters. The van der Waals surface area contributed by atoms with E-state index < -0.39 is 18.2 Å². The van der Waals surface area contributed by atoms with Crippen LogP contribution in [0.4, 0.5) is 0 Å². The van der Waals surface area contributed by atoms with Crippen LogP contribution in [0.25, 0.3) is 0 Å². The summed E-state index contributed by atoms with van der Waals surface area (Å²) in [5, 5.41) is 27.8. The lowest BCUT2D eigenvalue weighted by atomic mass is 10.1. The Morgan fingerprint density at radius 2 is 1.41 bits per heavy atom. The second-order valence-electron chi connectivity index (χ2n) is 6.10. The molecule has 0 saturated heterocycles. The lowest BCUT2D eigenvalue weighted by molar-refractivity contribution is -0.137. The van der Waals surface area contributed by atoms with E-state index in [0.717, 1.165) is 19.3 Å². The number of carboxylic acids is 1. The first kappa shape index (κ1) is 24.8. The summed E-state index contributed by atoms with van der Waals surface area (Å²) in [7, 11) is 0. The minimum absolute atomic E-state index is 0.0899. The molecule has 27 heavy (non-hydrogen) atoms. The molecule has 0 amide bonds. The Labute approximate surface area is 163 Å². The zero-order valence-corrected chi connectivity index (χ0v) is 16.3. The summed E-state index contributed by atoms with van der Waals surface area (Å²) in [6, 6.07) is 0. The van der Waals surface area contributed by atoms with Crippen LogP contribution in [0.15, 0.2) is 72.9 Å². The van der Waals surface area contributed by atoms with Crippen LogP contribution in [0.5, 0.6) is 0 Å². The molecule has 0 spiro atoms. The van der Waals surface area contributed by atoms with Gasteiger partial charge in [0, 0.05) is 6.42 Å². The van der Waals surface area contributed by atoms with Crippen molar-refractivity contribution in [2.75, 3.05) is 0 Å². The Hall–Kier alpha value is -2.17. The van der Waals surface area contributed by atoms with E-state index in [1.807, 2.05) is 42.5 Å². The van der Waals surface area contributed by atoms with Gasteiger partial charge < -0.3 is 15.3 Å². The van der Waals surface area contributed by atoms with Gasteiger partial charge >= 0.3 is 5.97 Å². The fourth-order valence-electron chi connectivity index (χ4n) is 2.09. The molecule has 0 fully saturated rings. The van der Waals surface area contributed by atoms with E-state index in [1.54, 1.807) is 18.2 Å². The predicted octanol–water partition coefficient (Wildman–Crippen LogP) is 4.88. The number of carboxylic acid groups (broad SMARTS) is 1. The summed E-state index contributed by atoms with van der Waals surface area (Å²) in [5.74, 6) is -0.832. The van der Waals surface area contributed by atoms with Crippen LogP contribution < -0.4 is 0 Å². The first-order chi connectivity index (χ1) is 13.1. The lowest BCUT2D eigenvalue weighted by Crippen LogP contribution is -2.03. The second-order valence-corrected chi connectivity index (χ2v) is 6.10. The normalized spacial score (nSPS) is 15.4. The topological polar surface area (TPSA) is 77.8 Å². The van der Waals surface area contributed by atoms with Crippen LogP contribution in [0, 0.1) is 0 Å². The molecule has 3 N–H and O–H groups in total. The molecule has 0 aromatic heterocycles. The van der Waals surface area contributed by atoms with Crippen LogP contribution >= 0.6 is 0 Å². The molecule has 0 aromatic rings. The SMILES string of the molecule is CC/C=C\C[C@@H](O)/C=C/C=C\C/C=C\C/C=C\C=C\[C@@H](O)CCCC(=O)O. The Morgan fingerprint density at radius 3 is 1.96 bits per heavy atom. The van der Waals surface area contributed by atoms with E-state index in [1.165, 1.54) is 0 Å². The minimum Gasteiger partial charge on any atom is -0.481 e. The van der Waals surface area contributed by atoms with Crippen molar-refractivity contribution in [1.29, 1.82) is 0 Å². The van der Waals surface area contributed by atoms with Gasteiger partial charge in [0.1, 0.15) is 0 Å². The van der Waals surface area contributed by atoms with E-state index in [2.05, 4.69) is 19.1 Å². The van der Waals surface area contributed by atoms with Gasteiger partial charge in [-0.05, 0) is 38.5 Å². The van der Waals surface area contributed by atoms with Gasteiger partial charge in [-0.1, -0.05) is 79.8 Å². The standard InChI is InChI=1S/C23H34O4/c1-2-3-12-16-21(24)17-13-10-8-6-4-5-7-9-11-14-18-22(25)19-15-20-23(26)27/h3-5,8-14,17-18,21-22,24-25H,2,6-7,15-16,19-20H2,1H3,(H,26,27)/b5-4-,10-8-,11-9-,12-3-,17-13+,18-14+/t21-,22-/m1/s1. The van der Waals surface area contributed by atoms with Gasteiger partial charge in [0.15, 0.2) is 0 Å². The summed E-state index contributed by atoms with van der Waals surface area (Å²) in [6.07, 6.45) is 26.4. The molecule has 0 aromatic carbocycles. The van der Waals surface area contributed by atoms with Gasteiger partial charge in [-0.15, -0.1) is 0 Å². The molecule has 0 rings (SSSR count). The van der Waals surface area contributed by atoms with Crippen LogP contribution in [0.3, 0.4) is 0 Å². The third kappa shape index (κ3) is 20.0. The molecule has 0 aliphatic heterocycles. The molecular weight excluding hydrogens is 340 g/mol. The number of aliphatic hydroxyl groups is 2. The summed E-state index contributed by atoms with van der Waals surface area (Å²) in [4.78, 5) is 10.4. The molecular formula is C23H34O4. The number of rotatable bonds is 15. The van der Waals surface area contributed by atoms with E-state index in [0.29, 0.717) is 19.3 Å². The Morgan fingerprint density at radius 1 is 0.815 bits per heavy atom. The summed E-state index contributed by atoms with van der Waals surface area (Å²) >= 11 is 0. The quantitative estimate of drug-likeness (QED) is 0.282. The smallest absolute Gasteiger partial charge is 0.303 e. The van der Waals surface area contributed by atoms with Crippen molar-refractivity contribution in [3.8, 4) is 0 Å². The van der Waals surface area contributed by atoms with Crippen LogP contribution in [-0.4, -0.2) is 33.5 Å². The van der Waals surface area contributed by atoms with Crippen molar-refractivity contribution < 1.29 is 20.1 Å². The van der Waals surface area contributed by atoms with Crippen molar-refractivity contribution in [1.82, 2.24) is 0 Å². The maximum Gasteiger partial charge on any atom is 0.303 e. The van der Waals surface area contributed by atoms with Gasteiger partial charge in [0.2, 0.25) is 0 Å². The van der Waals surface area contributed by atoms with Crippen LogP contribution in [-0.2, 0) is 4.79 Å². The van der Waals surface area contributed by atoms with Crippen molar-refractivity contribution in [2.45, 2.75) is 64.1 Å². The first-order valence-corrected chi connectivity index (χ1v) is 9.60. The fraction of sp³-hybridized carbons (Fsp3) is 0.435. The molecule has 0 heterocycles. The molecule has 4 heteroatoms. The third-order valence-electron chi connectivity index (χ3n) is 3.54. The lowest BCUT2D eigenvalue weighted by Gasteiger charge is -2.02. The van der Waals surface area contributed by atoms with E-state index in [9.17, 15) is 15.0 Å². The van der Waals surface area contributed by atoms with Gasteiger partial charge in [0.05, 0.1) is 12.2 Å². The summed E-state index contributed by atoms with van der Waals surface area (Å²) in [5.41, 5.74) is 0. The van der Waals surface area contributed by atoms with Crippen molar-refractivity contribution in [3.05, 3.63) is 72.9 Å². The Bertz CT molecular complexity index is 539. The molecule has 0 radical (unpaired) electrons. The number of allylic oxidation sites excluding steroid dienone is 9. The zero-order chi connectivity index (χ0) is 20.2. The Kier molecular flexibility index (Phi) is 17.1. The average Bonchev–Trinajstić information content (AvgIpc) is 2.62. The highest BCUT2D eigenvalue weighted by Gasteiger charge is 2.01. The molecule has 0 aliphatic carbocycles. The monoisotopic (exact) mass is 374 g/mol. The first-order valence-electron chi connectivity index (χ1n) is 9.60. The van der Waals surface area contributed by atoms with E-state index in [-0.39, 0.29) is 6.42 Å². The molecule has 0 aliphatic rings. The third-order valence-corrected chi connectivity index (χ3v) is 3.54. The predicted molar refractivity (Wildman–Crippen MR) is 112 cm³/mol. The average molecular weight is 375 g/mol. The minimum atomic E-state index is -0.832. The van der Waals surface area contributed by atoms with Gasteiger partial charge in [-0.2, -0.15) is 0 Å². The molecule has 4 nitrogen and oxygen atoms in total. The largest absolute Gasteiger partial charge is 0.481 e. The summed E-state index contributed by atoms with van der Waals surface area (Å²) < 4.78 is 0. The number of hydrogen-bond donors (Lipinski definition) is 3.